The van der Waals surface area contributed by atoms with Crippen LogP contribution >= 0.6 is 0 Å². The zero-order valence-electron chi connectivity index (χ0n) is 9.53. The second kappa shape index (κ2) is 7.84. The second-order valence-corrected chi connectivity index (χ2v) is 3.42. The van der Waals surface area contributed by atoms with Crippen LogP contribution in [0.5, 0.6) is 0 Å². The number of benzene rings is 1. The van der Waals surface area contributed by atoms with Gasteiger partial charge in [0, 0.05) is 6.54 Å². The number of carbonyl (C=O) groups is 1. The largest absolute Gasteiger partial charge is 0.375 e. The van der Waals surface area contributed by atoms with Crippen LogP contribution in [0, 0.1) is 0 Å². The van der Waals surface area contributed by atoms with Crippen molar-refractivity contribution in [2.24, 2.45) is 0 Å². The third-order valence-electron chi connectivity index (χ3n) is 2.02. The van der Waals surface area contributed by atoms with E-state index in [2.05, 4.69) is 10.6 Å². The smallest absolute Gasteiger partial charge is 0.234 e. The molecule has 2 N–H and O–H groups in total. The van der Waals surface area contributed by atoms with Gasteiger partial charge >= 0.3 is 0 Å². The van der Waals surface area contributed by atoms with Gasteiger partial charge in [-0.15, -0.1) is 0 Å². The Morgan fingerprint density at radius 3 is 2.75 bits per heavy atom. The number of amides is 1. The molecular weight excluding hydrogens is 204 g/mol. The second-order valence-electron chi connectivity index (χ2n) is 3.42. The van der Waals surface area contributed by atoms with E-state index in [0.29, 0.717) is 26.3 Å². The third kappa shape index (κ3) is 5.48. The summed E-state index contributed by atoms with van der Waals surface area (Å²) in [6.07, 6.45) is 0. The first kappa shape index (κ1) is 12.7. The molecular formula is C12H18N2O2. The topological polar surface area (TPSA) is 50.4 Å². The van der Waals surface area contributed by atoms with Gasteiger partial charge in [-0.2, -0.15) is 0 Å². The highest BCUT2D eigenvalue weighted by Gasteiger charge is 1.97. The van der Waals surface area contributed by atoms with Crippen molar-refractivity contribution >= 4 is 5.91 Å². The van der Waals surface area contributed by atoms with Crippen molar-refractivity contribution in [2.45, 2.75) is 6.61 Å². The fourth-order valence-corrected chi connectivity index (χ4v) is 1.25. The van der Waals surface area contributed by atoms with Crippen LogP contribution in [0.1, 0.15) is 5.56 Å². The summed E-state index contributed by atoms with van der Waals surface area (Å²) in [7, 11) is 1.74. The van der Waals surface area contributed by atoms with Crippen LogP contribution in [0.4, 0.5) is 0 Å². The number of hydrogen-bond acceptors (Lipinski definition) is 3. The summed E-state index contributed by atoms with van der Waals surface area (Å²) in [4.78, 5) is 11.0. The van der Waals surface area contributed by atoms with E-state index in [1.54, 1.807) is 7.05 Å². The maximum absolute atomic E-state index is 11.0. The Labute approximate surface area is 96.0 Å². The summed E-state index contributed by atoms with van der Waals surface area (Å²) >= 11 is 0. The number of nitrogens with one attached hydrogen (secondary N) is 2. The molecule has 0 saturated heterocycles. The Balaban J connectivity index is 2.02. The minimum atomic E-state index is -0.00851. The molecule has 0 aliphatic carbocycles. The lowest BCUT2D eigenvalue weighted by atomic mass is 10.2. The fourth-order valence-electron chi connectivity index (χ4n) is 1.25. The molecule has 1 amide bonds. The summed E-state index contributed by atoms with van der Waals surface area (Å²) in [6.45, 7) is 2.01. The molecule has 16 heavy (non-hydrogen) atoms. The average Bonchev–Trinajstić information content (AvgIpc) is 2.30. The predicted octanol–water partition coefficient (Wildman–Crippen LogP) is 0.539. The Hall–Kier alpha value is -1.39. The fraction of sp³-hybridized carbons (Fsp3) is 0.417. The molecule has 1 rings (SSSR count). The van der Waals surface area contributed by atoms with Gasteiger partial charge in [-0.05, 0) is 12.6 Å². The van der Waals surface area contributed by atoms with E-state index in [-0.39, 0.29) is 5.91 Å². The van der Waals surface area contributed by atoms with Crippen molar-refractivity contribution in [3.05, 3.63) is 35.9 Å². The van der Waals surface area contributed by atoms with Gasteiger partial charge in [-0.1, -0.05) is 30.3 Å². The molecule has 0 aromatic heterocycles. The van der Waals surface area contributed by atoms with Crippen LogP contribution in [0.2, 0.25) is 0 Å². The molecule has 0 bridgehead atoms. The number of rotatable bonds is 7. The van der Waals surface area contributed by atoms with Gasteiger partial charge in [0.25, 0.3) is 0 Å². The minimum Gasteiger partial charge on any atom is -0.375 e. The van der Waals surface area contributed by atoms with Crippen molar-refractivity contribution < 1.29 is 9.53 Å². The van der Waals surface area contributed by atoms with Crippen molar-refractivity contribution in [3.8, 4) is 0 Å². The lowest BCUT2D eigenvalue weighted by Crippen LogP contribution is -2.34. The van der Waals surface area contributed by atoms with Gasteiger partial charge in [-0.3, -0.25) is 4.79 Å². The number of hydrogen-bond donors (Lipinski definition) is 2. The molecule has 1 aromatic carbocycles. The molecule has 0 unspecified atom stereocenters. The van der Waals surface area contributed by atoms with Crippen LogP contribution in [0.25, 0.3) is 0 Å². The molecule has 0 spiro atoms. The number of ether oxygens (including phenoxy) is 1. The van der Waals surface area contributed by atoms with Crippen molar-refractivity contribution in [1.82, 2.24) is 10.6 Å². The zero-order valence-corrected chi connectivity index (χ0v) is 9.53. The van der Waals surface area contributed by atoms with E-state index in [9.17, 15) is 4.79 Å². The Morgan fingerprint density at radius 2 is 2.06 bits per heavy atom. The lowest BCUT2D eigenvalue weighted by Gasteiger charge is -2.06. The van der Waals surface area contributed by atoms with Crippen LogP contribution in [0.3, 0.4) is 0 Å². The molecule has 88 valence electrons. The SMILES string of the molecule is CNCC(=O)NCCOCc1ccccc1. The summed E-state index contributed by atoms with van der Waals surface area (Å²) in [6, 6.07) is 9.96. The van der Waals surface area contributed by atoms with Crippen molar-refractivity contribution in [1.29, 1.82) is 0 Å². The maximum Gasteiger partial charge on any atom is 0.234 e. The highest BCUT2D eigenvalue weighted by molar-refractivity contribution is 5.77. The highest BCUT2D eigenvalue weighted by atomic mass is 16.5. The molecule has 4 heteroatoms. The summed E-state index contributed by atoms with van der Waals surface area (Å²) in [5.41, 5.74) is 1.14. The molecule has 0 atom stereocenters. The van der Waals surface area contributed by atoms with E-state index < -0.39 is 0 Å². The third-order valence-corrected chi connectivity index (χ3v) is 2.02. The van der Waals surface area contributed by atoms with Crippen molar-refractivity contribution in [2.75, 3.05) is 26.7 Å². The molecule has 0 fully saturated rings. The first-order valence-electron chi connectivity index (χ1n) is 5.36. The quantitative estimate of drug-likeness (QED) is 0.662. The average molecular weight is 222 g/mol. The minimum absolute atomic E-state index is 0.00851. The van der Waals surface area contributed by atoms with Crippen LogP contribution in [-0.4, -0.2) is 32.7 Å². The van der Waals surface area contributed by atoms with Crippen LogP contribution in [-0.2, 0) is 16.1 Å². The molecule has 0 saturated carbocycles. The first-order valence-corrected chi connectivity index (χ1v) is 5.36. The van der Waals surface area contributed by atoms with Gasteiger partial charge in [0.2, 0.25) is 5.91 Å². The van der Waals surface area contributed by atoms with Gasteiger partial charge in [0.05, 0.1) is 19.8 Å². The molecule has 0 aliphatic rings. The predicted molar refractivity (Wildman–Crippen MR) is 63.0 cm³/mol. The summed E-state index contributed by atoms with van der Waals surface area (Å²) in [5.74, 6) is -0.00851. The highest BCUT2D eigenvalue weighted by Crippen LogP contribution is 1.99. The van der Waals surface area contributed by atoms with E-state index in [0.717, 1.165) is 5.56 Å². The van der Waals surface area contributed by atoms with E-state index in [4.69, 9.17) is 4.74 Å². The number of likely N-dealkylation sites (N-methyl/N-ethyl adjacent to an activating group) is 1. The van der Waals surface area contributed by atoms with Gasteiger partial charge < -0.3 is 15.4 Å². The monoisotopic (exact) mass is 222 g/mol. The Kier molecular flexibility index (Phi) is 6.22. The summed E-state index contributed by atoms with van der Waals surface area (Å²) < 4.78 is 5.41. The first-order chi connectivity index (χ1) is 7.83. The summed E-state index contributed by atoms with van der Waals surface area (Å²) in [5, 5.41) is 5.52. The molecule has 4 nitrogen and oxygen atoms in total. The van der Waals surface area contributed by atoms with Gasteiger partial charge in [0.1, 0.15) is 0 Å². The standard InChI is InChI=1S/C12H18N2O2/c1-13-9-12(15)14-7-8-16-10-11-5-3-2-4-6-11/h2-6,13H,7-10H2,1H3,(H,14,15). The van der Waals surface area contributed by atoms with Crippen LogP contribution < -0.4 is 10.6 Å². The molecule has 0 heterocycles. The van der Waals surface area contributed by atoms with Gasteiger partial charge in [0.15, 0.2) is 0 Å². The molecule has 0 aliphatic heterocycles. The lowest BCUT2D eigenvalue weighted by molar-refractivity contribution is -0.120. The van der Waals surface area contributed by atoms with E-state index in [1.807, 2.05) is 30.3 Å². The maximum atomic E-state index is 11.0. The Bertz CT molecular complexity index is 301. The molecule has 1 aromatic rings. The van der Waals surface area contributed by atoms with E-state index >= 15 is 0 Å². The Morgan fingerprint density at radius 1 is 1.31 bits per heavy atom. The normalized spacial score (nSPS) is 10.1. The van der Waals surface area contributed by atoms with Crippen molar-refractivity contribution in [3.63, 3.8) is 0 Å². The van der Waals surface area contributed by atoms with Crippen LogP contribution in [0.15, 0.2) is 30.3 Å². The zero-order chi connectivity index (χ0) is 11.6. The van der Waals surface area contributed by atoms with Gasteiger partial charge in [-0.25, -0.2) is 0 Å². The van der Waals surface area contributed by atoms with E-state index in [1.165, 1.54) is 0 Å². The number of carbonyl (C=O) groups excluding carboxylic acids is 1. The molecule has 0 radical (unpaired) electrons.